The molecule has 3 fully saturated rings. The standard InChI is InChI=1S/C24H30N6OS/c1-13-19(22-28-20-14(2)25-10-7-18(20)32-22)21(27-17-6-3-15(11-17)12-31)29-23(26-13)30-24(8-9-24)16-4-5-16/h7,10,15-17,31H,3-6,8-9,11-12H2,1-2H3,(H2,26,27,29,30). The minimum atomic E-state index is 0.221. The molecule has 0 bridgehead atoms. The Morgan fingerprint density at radius 3 is 2.62 bits per heavy atom. The van der Waals surface area contributed by atoms with E-state index in [1.165, 1.54) is 25.7 Å². The second-order valence-electron chi connectivity index (χ2n) is 9.88. The highest BCUT2D eigenvalue weighted by molar-refractivity contribution is 7.21. The van der Waals surface area contributed by atoms with E-state index in [9.17, 15) is 5.11 Å². The third-order valence-corrected chi connectivity index (χ3v) is 8.48. The second kappa shape index (κ2) is 7.63. The molecule has 6 rings (SSSR count). The van der Waals surface area contributed by atoms with Crippen molar-refractivity contribution in [3.63, 3.8) is 0 Å². The van der Waals surface area contributed by atoms with Crippen LogP contribution in [0.3, 0.4) is 0 Å². The van der Waals surface area contributed by atoms with E-state index in [0.717, 1.165) is 69.1 Å². The molecule has 3 aliphatic carbocycles. The Morgan fingerprint density at radius 1 is 1.09 bits per heavy atom. The highest BCUT2D eigenvalue weighted by Crippen LogP contribution is 2.55. The number of pyridine rings is 1. The molecule has 32 heavy (non-hydrogen) atoms. The van der Waals surface area contributed by atoms with Gasteiger partial charge in [0.2, 0.25) is 5.95 Å². The van der Waals surface area contributed by atoms with Gasteiger partial charge in [-0.1, -0.05) is 0 Å². The minimum absolute atomic E-state index is 0.221. The van der Waals surface area contributed by atoms with Gasteiger partial charge in [0, 0.05) is 24.4 Å². The average molecular weight is 451 g/mol. The average Bonchev–Trinajstić information content (AvgIpc) is 3.67. The fourth-order valence-electron chi connectivity index (χ4n) is 5.27. The molecule has 3 aromatic heterocycles. The summed E-state index contributed by atoms with van der Waals surface area (Å²) >= 11 is 1.67. The summed E-state index contributed by atoms with van der Waals surface area (Å²) in [7, 11) is 0. The van der Waals surface area contributed by atoms with Crippen LogP contribution < -0.4 is 10.6 Å². The second-order valence-corrected chi connectivity index (χ2v) is 10.9. The van der Waals surface area contributed by atoms with E-state index in [-0.39, 0.29) is 12.1 Å². The lowest BCUT2D eigenvalue weighted by atomic mass is 10.1. The van der Waals surface area contributed by atoms with Crippen LogP contribution in [0.1, 0.15) is 56.3 Å². The molecule has 3 N–H and O–H groups in total. The first-order valence-corrected chi connectivity index (χ1v) is 12.6. The van der Waals surface area contributed by atoms with E-state index in [1.807, 2.05) is 19.2 Å². The normalized spacial score (nSPS) is 24.1. The number of hydrogen-bond donors (Lipinski definition) is 3. The van der Waals surface area contributed by atoms with Gasteiger partial charge in [-0.05, 0) is 76.7 Å². The first-order chi connectivity index (χ1) is 15.5. The largest absolute Gasteiger partial charge is 0.396 e. The number of aromatic nitrogens is 4. The van der Waals surface area contributed by atoms with Crippen molar-refractivity contribution < 1.29 is 5.11 Å². The molecule has 2 unspecified atom stereocenters. The predicted molar refractivity (Wildman–Crippen MR) is 128 cm³/mol. The Hall–Kier alpha value is -2.32. The fourth-order valence-corrected chi connectivity index (χ4v) is 6.38. The number of aliphatic hydroxyl groups excluding tert-OH is 1. The molecule has 0 amide bonds. The van der Waals surface area contributed by atoms with Gasteiger partial charge in [-0.25, -0.2) is 9.97 Å². The van der Waals surface area contributed by atoms with Crippen molar-refractivity contribution >= 4 is 33.3 Å². The van der Waals surface area contributed by atoms with Crippen LogP contribution in [0.15, 0.2) is 12.3 Å². The quantitative estimate of drug-likeness (QED) is 0.480. The van der Waals surface area contributed by atoms with Crippen LogP contribution >= 0.6 is 11.3 Å². The molecule has 0 radical (unpaired) electrons. The number of nitrogens with zero attached hydrogens (tertiary/aromatic N) is 4. The molecule has 168 valence electrons. The van der Waals surface area contributed by atoms with Crippen LogP contribution in [0.25, 0.3) is 20.8 Å². The summed E-state index contributed by atoms with van der Waals surface area (Å²) in [5.41, 5.74) is 4.04. The zero-order chi connectivity index (χ0) is 21.9. The van der Waals surface area contributed by atoms with Crippen LogP contribution in [0.2, 0.25) is 0 Å². The van der Waals surface area contributed by atoms with Gasteiger partial charge < -0.3 is 15.7 Å². The van der Waals surface area contributed by atoms with Crippen molar-refractivity contribution in [1.82, 2.24) is 19.9 Å². The van der Waals surface area contributed by atoms with Gasteiger partial charge in [-0.15, -0.1) is 11.3 Å². The summed E-state index contributed by atoms with van der Waals surface area (Å²) in [6.07, 6.45) is 9.98. The number of anilines is 2. The maximum absolute atomic E-state index is 9.59. The lowest BCUT2D eigenvalue weighted by molar-refractivity contribution is 0.229. The van der Waals surface area contributed by atoms with Gasteiger partial charge in [0.15, 0.2) is 0 Å². The molecule has 3 heterocycles. The van der Waals surface area contributed by atoms with Gasteiger partial charge in [0.1, 0.15) is 16.3 Å². The first kappa shape index (κ1) is 20.3. The van der Waals surface area contributed by atoms with Crippen molar-refractivity contribution in [2.24, 2.45) is 11.8 Å². The summed E-state index contributed by atoms with van der Waals surface area (Å²) < 4.78 is 1.13. The number of thiazole rings is 1. The Balaban J connectivity index is 1.39. The molecule has 7 nitrogen and oxygen atoms in total. The Morgan fingerprint density at radius 2 is 1.94 bits per heavy atom. The third-order valence-electron chi connectivity index (χ3n) is 7.44. The van der Waals surface area contributed by atoms with Crippen LogP contribution in [-0.4, -0.2) is 43.2 Å². The SMILES string of the molecule is Cc1nc(NC2(C3CC3)CC2)nc(NC2CCC(CO)C2)c1-c1nc2c(C)nccc2s1. The molecular weight excluding hydrogens is 420 g/mol. The molecule has 3 aromatic rings. The zero-order valence-electron chi connectivity index (χ0n) is 18.7. The predicted octanol–water partition coefficient (Wildman–Crippen LogP) is 4.69. The Labute approximate surface area is 192 Å². The molecule has 3 aliphatic rings. The zero-order valence-corrected chi connectivity index (χ0v) is 19.5. The highest BCUT2D eigenvalue weighted by Gasteiger charge is 2.54. The van der Waals surface area contributed by atoms with Gasteiger partial charge >= 0.3 is 0 Å². The Kier molecular flexibility index (Phi) is 4.84. The lowest BCUT2D eigenvalue weighted by Crippen LogP contribution is -2.26. The van der Waals surface area contributed by atoms with Crippen LogP contribution in [0.5, 0.6) is 0 Å². The molecule has 0 saturated heterocycles. The van der Waals surface area contributed by atoms with Crippen molar-refractivity contribution in [2.75, 3.05) is 17.2 Å². The number of rotatable bonds is 7. The summed E-state index contributed by atoms with van der Waals surface area (Å²) in [5, 5.41) is 17.9. The number of nitrogens with one attached hydrogen (secondary N) is 2. The lowest BCUT2D eigenvalue weighted by Gasteiger charge is -2.21. The van der Waals surface area contributed by atoms with Crippen molar-refractivity contribution in [3.8, 4) is 10.6 Å². The van der Waals surface area contributed by atoms with Crippen LogP contribution in [-0.2, 0) is 0 Å². The fraction of sp³-hybridized carbons (Fsp3) is 0.583. The van der Waals surface area contributed by atoms with Gasteiger partial charge in [-0.3, -0.25) is 4.98 Å². The van der Waals surface area contributed by atoms with E-state index in [4.69, 9.17) is 15.0 Å². The Bertz CT molecular complexity index is 1170. The molecule has 3 saturated carbocycles. The molecule has 0 aliphatic heterocycles. The van der Waals surface area contributed by atoms with Gasteiger partial charge in [0.05, 0.1) is 21.7 Å². The maximum Gasteiger partial charge on any atom is 0.225 e. The van der Waals surface area contributed by atoms with E-state index in [0.29, 0.717) is 12.0 Å². The topological polar surface area (TPSA) is 95.9 Å². The van der Waals surface area contributed by atoms with Crippen molar-refractivity contribution in [1.29, 1.82) is 0 Å². The molecular formula is C24H30N6OS. The molecule has 0 spiro atoms. The number of aryl methyl sites for hydroxylation is 2. The van der Waals surface area contributed by atoms with Gasteiger partial charge in [0.25, 0.3) is 0 Å². The van der Waals surface area contributed by atoms with Crippen LogP contribution in [0.4, 0.5) is 11.8 Å². The first-order valence-electron chi connectivity index (χ1n) is 11.8. The van der Waals surface area contributed by atoms with Crippen molar-refractivity contribution in [3.05, 3.63) is 23.7 Å². The smallest absolute Gasteiger partial charge is 0.225 e. The van der Waals surface area contributed by atoms with E-state index in [1.54, 1.807) is 11.3 Å². The minimum Gasteiger partial charge on any atom is -0.396 e. The van der Waals surface area contributed by atoms with Crippen molar-refractivity contribution in [2.45, 2.75) is 70.4 Å². The summed E-state index contributed by atoms with van der Waals surface area (Å²) in [6, 6.07) is 2.34. The number of aliphatic hydroxyl groups is 1. The third kappa shape index (κ3) is 3.63. The van der Waals surface area contributed by atoms with E-state index < -0.39 is 0 Å². The van der Waals surface area contributed by atoms with E-state index >= 15 is 0 Å². The highest BCUT2D eigenvalue weighted by atomic mass is 32.1. The molecule has 2 atom stereocenters. The maximum atomic E-state index is 9.59. The van der Waals surface area contributed by atoms with Crippen LogP contribution in [0, 0.1) is 25.7 Å². The monoisotopic (exact) mass is 450 g/mol. The number of fused-ring (bicyclic) bond motifs is 1. The molecule has 8 heteroatoms. The summed E-state index contributed by atoms with van der Waals surface area (Å²) in [6.45, 7) is 4.32. The van der Waals surface area contributed by atoms with E-state index in [2.05, 4.69) is 22.5 Å². The number of hydrogen-bond acceptors (Lipinski definition) is 8. The molecule has 0 aromatic carbocycles. The van der Waals surface area contributed by atoms with Gasteiger partial charge in [-0.2, -0.15) is 4.98 Å². The summed E-state index contributed by atoms with van der Waals surface area (Å²) in [4.78, 5) is 19.2. The summed E-state index contributed by atoms with van der Waals surface area (Å²) in [5.74, 6) is 2.74.